The number of nitrogens with zero attached hydrogens (tertiary/aromatic N) is 2. The van der Waals surface area contributed by atoms with Gasteiger partial charge in [0.15, 0.2) is 11.6 Å². The first-order valence-corrected chi connectivity index (χ1v) is 9.76. The molecule has 0 spiro atoms. The molecule has 1 amide bonds. The predicted molar refractivity (Wildman–Crippen MR) is 100 cm³/mol. The highest BCUT2D eigenvalue weighted by Crippen LogP contribution is 2.28. The van der Waals surface area contributed by atoms with Gasteiger partial charge in [0.1, 0.15) is 28.9 Å². The Kier molecular flexibility index (Phi) is 5.14. The zero-order valence-electron chi connectivity index (χ0n) is 14.6. The van der Waals surface area contributed by atoms with Gasteiger partial charge in [-0.2, -0.15) is 0 Å². The van der Waals surface area contributed by atoms with E-state index in [1.807, 2.05) is 4.72 Å². The molecular weight excluding hydrogens is 394 g/mol. The summed E-state index contributed by atoms with van der Waals surface area (Å²) in [5.41, 5.74) is 4.86. The van der Waals surface area contributed by atoms with Crippen LogP contribution in [0.4, 0.5) is 26.0 Å². The second kappa shape index (κ2) is 7.38. The number of rotatable bonds is 6. The van der Waals surface area contributed by atoms with Gasteiger partial charge in [-0.3, -0.25) is 9.52 Å². The van der Waals surface area contributed by atoms with Gasteiger partial charge in [-0.1, -0.05) is 6.92 Å². The molecule has 5 N–H and O–H groups in total. The molecule has 0 bridgehead atoms. The van der Waals surface area contributed by atoms with Crippen LogP contribution in [0.15, 0.2) is 24.7 Å². The standard InChI is InChI=1S/C16H16F2N6O3S/c1-2-5-28(26,27)24-10-4-3-9(17)13(11(10)18)23-16(25)8-6-20-14-12(8)21-7-22-15(14)19/h3-4,6-7,20,24H,2,5H2,1H3,(H,23,25)(H2,19,21,22). The molecule has 3 rings (SSSR count). The molecule has 9 nitrogen and oxygen atoms in total. The largest absolute Gasteiger partial charge is 0.382 e. The molecule has 148 valence electrons. The van der Waals surface area contributed by atoms with Crippen molar-refractivity contribution in [3.63, 3.8) is 0 Å². The number of carbonyl (C=O) groups excluding carboxylic acids is 1. The van der Waals surface area contributed by atoms with E-state index in [0.717, 1.165) is 18.5 Å². The number of nitrogen functional groups attached to an aromatic ring is 1. The molecule has 1 aromatic carbocycles. The van der Waals surface area contributed by atoms with E-state index in [2.05, 4.69) is 20.3 Å². The van der Waals surface area contributed by atoms with Crippen LogP contribution in [0.1, 0.15) is 23.7 Å². The molecule has 0 fully saturated rings. The van der Waals surface area contributed by atoms with Crippen molar-refractivity contribution in [2.45, 2.75) is 13.3 Å². The molecule has 0 saturated carbocycles. The van der Waals surface area contributed by atoms with Crippen molar-refractivity contribution in [2.24, 2.45) is 0 Å². The Bertz CT molecular complexity index is 1160. The third-order valence-electron chi connectivity index (χ3n) is 3.81. The molecule has 0 radical (unpaired) electrons. The van der Waals surface area contributed by atoms with Crippen LogP contribution in [0.25, 0.3) is 11.0 Å². The number of halogens is 2. The molecule has 28 heavy (non-hydrogen) atoms. The normalized spacial score (nSPS) is 11.5. The van der Waals surface area contributed by atoms with Gasteiger partial charge in [-0.25, -0.2) is 27.2 Å². The van der Waals surface area contributed by atoms with Crippen molar-refractivity contribution in [3.05, 3.63) is 41.9 Å². The molecule has 0 atom stereocenters. The maximum Gasteiger partial charge on any atom is 0.259 e. The van der Waals surface area contributed by atoms with E-state index in [9.17, 15) is 22.0 Å². The van der Waals surface area contributed by atoms with Crippen molar-refractivity contribution in [1.82, 2.24) is 15.0 Å². The van der Waals surface area contributed by atoms with E-state index in [4.69, 9.17) is 5.73 Å². The Labute approximate surface area is 158 Å². The number of nitrogens with one attached hydrogen (secondary N) is 3. The third kappa shape index (κ3) is 3.71. The topological polar surface area (TPSA) is 143 Å². The number of anilines is 3. The summed E-state index contributed by atoms with van der Waals surface area (Å²) in [4.78, 5) is 22.9. The van der Waals surface area contributed by atoms with Gasteiger partial charge in [0.25, 0.3) is 5.91 Å². The first kappa shape index (κ1) is 19.5. The van der Waals surface area contributed by atoms with E-state index in [1.54, 1.807) is 6.92 Å². The number of amides is 1. The SMILES string of the molecule is CCCS(=O)(=O)Nc1ccc(F)c(NC(=O)c2c[nH]c3c(N)ncnc23)c1F. The maximum atomic E-state index is 14.6. The van der Waals surface area contributed by atoms with Crippen LogP contribution in [0.2, 0.25) is 0 Å². The summed E-state index contributed by atoms with van der Waals surface area (Å²) in [7, 11) is -3.80. The number of sulfonamides is 1. The Morgan fingerprint density at radius 3 is 2.75 bits per heavy atom. The van der Waals surface area contributed by atoms with Gasteiger partial charge in [-0.05, 0) is 18.6 Å². The summed E-state index contributed by atoms with van der Waals surface area (Å²) >= 11 is 0. The molecule has 2 heterocycles. The molecule has 0 aliphatic heterocycles. The van der Waals surface area contributed by atoms with Gasteiger partial charge in [0.05, 0.1) is 17.0 Å². The number of hydrogen-bond donors (Lipinski definition) is 4. The monoisotopic (exact) mass is 410 g/mol. The maximum absolute atomic E-state index is 14.6. The van der Waals surface area contributed by atoms with E-state index in [0.29, 0.717) is 11.9 Å². The molecular formula is C16H16F2N6O3S. The van der Waals surface area contributed by atoms with E-state index < -0.39 is 38.9 Å². The summed E-state index contributed by atoms with van der Waals surface area (Å²) in [5.74, 6) is -3.31. The van der Waals surface area contributed by atoms with Crippen LogP contribution < -0.4 is 15.8 Å². The van der Waals surface area contributed by atoms with Crippen LogP contribution in [0, 0.1) is 11.6 Å². The predicted octanol–water partition coefficient (Wildman–Crippen LogP) is 2.22. The number of H-pyrrole nitrogens is 1. The van der Waals surface area contributed by atoms with Gasteiger partial charge < -0.3 is 16.0 Å². The van der Waals surface area contributed by atoms with Crippen molar-refractivity contribution in [3.8, 4) is 0 Å². The van der Waals surface area contributed by atoms with Crippen molar-refractivity contribution in [1.29, 1.82) is 0 Å². The first-order valence-electron chi connectivity index (χ1n) is 8.11. The molecule has 0 unspecified atom stereocenters. The summed E-state index contributed by atoms with van der Waals surface area (Å²) < 4.78 is 54.5. The molecule has 3 aromatic rings. The fourth-order valence-corrected chi connectivity index (χ4v) is 3.68. The van der Waals surface area contributed by atoms with E-state index >= 15 is 0 Å². The van der Waals surface area contributed by atoms with Gasteiger partial charge in [0.2, 0.25) is 10.0 Å². The summed E-state index contributed by atoms with van der Waals surface area (Å²) in [6, 6.07) is 1.78. The lowest BCUT2D eigenvalue weighted by molar-refractivity contribution is 0.102. The molecule has 0 aliphatic rings. The second-order valence-corrected chi connectivity index (χ2v) is 7.69. The molecule has 2 aromatic heterocycles. The quantitative estimate of drug-likeness (QED) is 0.491. The van der Waals surface area contributed by atoms with Crippen LogP contribution in [0.3, 0.4) is 0 Å². The Morgan fingerprint density at radius 1 is 1.29 bits per heavy atom. The molecule has 12 heteroatoms. The van der Waals surface area contributed by atoms with Crippen LogP contribution >= 0.6 is 0 Å². The number of aromatic nitrogens is 3. The third-order valence-corrected chi connectivity index (χ3v) is 5.28. The lowest BCUT2D eigenvalue weighted by Crippen LogP contribution is -2.19. The zero-order chi connectivity index (χ0) is 20.5. The second-order valence-electron chi connectivity index (χ2n) is 5.84. The van der Waals surface area contributed by atoms with Crippen LogP contribution in [-0.4, -0.2) is 35.0 Å². The lowest BCUT2D eigenvalue weighted by atomic mass is 10.2. The smallest absolute Gasteiger partial charge is 0.259 e. The number of nitrogens with two attached hydrogens (primary N) is 1. The highest BCUT2D eigenvalue weighted by atomic mass is 32.2. The summed E-state index contributed by atoms with van der Waals surface area (Å²) in [5, 5.41) is 2.11. The van der Waals surface area contributed by atoms with Crippen molar-refractivity contribution >= 4 is 44.2 Å². The number of fused-ring (bicyclic) bond motifs is 1. The minimum atomic E-state index is -3.80. The lowest BCUT2D eigenvalue weighted by Gasteiger charge is -2.12. The van der Waals surface area contributed by atoms with Gasteiger partial charge >= 0.3 is 0 Å². The Balaban J connectivity index is 1.94. The summed E-state index contributed by atoms with van der Waals surface area (Å²) in [6.07, 6.45) is 2.73. The number of hydrogen-bond acceptors (Lipinski definition) is 6. The Morgan fingerprint density at radius 2 is 2.04 bits per heavy atom. The number of benzene rings is 1. The molecule has 0 saturated heterocycles. The van der Waals surface area contributed by atoms with Gasteiger partial charge in [-0.15, -0.1) is 0 Å². The number of aromatic amines is 1. The van der Waals surface area contributed by atoms with Gasteiger partial charge in [0, 0.05) is 6.20 Å². The number of carbonyl (C=O) groups is 1. The van der Waals surface area contributed by atoms with Crippen LogP contribution in [0.5, 0.6) is 0 Å². The summed E-state index contributed by atoms with van der Waals surface area (Å²) in [6.45, 7) is 1.64. The van der Waals surface area contributed by atoms with Crippen molar-refractivity contribution in [2.75, 3.05) is 21.5 Å². The zero-order valence-corrected chi connectivity index (χ0v) is 15.4. The van der Waals surface area contributed by atoms with Crippen LogP contribution in [-0.2, 0) is 10.0 Å². The van der Waals surface area contributed by atoms with Crippen molar-refractivity contribution < 1.29 is 22.0 Å². The fraction of sp³-hybridized carbons (Fsp3) is 0.188. The van der Waals surface area contributed by atoms with E-state index in [1.165, 1.54) is 6.20 Å². The molecule has 0 aliphatic carbocycles. The average Bonchev–Trinajstić information content (AvgIpc) is 3.06. The highest BCUT2D eigenvalue weighted by molar-refractivity contribution is 7.92. The fourth-order valence-electron chi connectivity index (χ4n) is 2.55. The average molecular weight is 410 g/mol. The highest BCUT2D eigenvalue weighted by Gasteiger charge is 2.22. The van der Waals surface area contributed by atoms with E-state index in [-0.39, 0.29) is 22.7 Å². The minimum Gasteiger partial charge on any atom is -0.382 e. The first-order chi connectivity index (χ1) is 13.2. The minimum absolute atomic E-state index is 0.0140. The Hall–Kier alpha value is -3.28.